The van der Waals surface area contributed by atoms with Crippen molar-refractivity contribution < 1.29 is 23.9 Å². The van der Waals surface area contributed by atoms with E-state index in [1.54, 1.807) is 23.1 Å². The lowest BCUT2D eigenvalue weighted by Gasteiger charge is -2.41. The highest BCUT2D eigenvalue weighted by atomic mass is 16.5. The molecule has 2 aliphatic rings. The van der Waals surface area contributed by atoms with Gasteiger partial charge in [-0.15, -0.1) is 0 Å². The van der Waals surface area contributed by atoms with E-state index < -0.39 is 17.9 Å². The van der Waals surface area contributed by atoms with Gasteiger partial charge in [0.25, 0.3) is 11.8 Å². The summed E-state index contributed by atoms with van der Waals surface area (Å²) in [5.74, 6) is -0.911. The molecular formula is C23H22N6O5. The van der Waals surface area contributed by atoms with Crippen LogP contribution in [-0.2, 0) is 22.6 Å². The molecule has 5 rings (SSSR count). The third-order valence-corrected chi connectivity index (χ3v) is 5.85. The van der Waals surface area contributed by atoms with Gasteiger partial charge in [0.15, 0.2) is 5.65 Å². The number of ether oxygens (including phenoxy) is 1. The molecule has 0 unspecified atom stereocenters. The number of β-lactam (4-membered cyclic amide) rings is 1. The number of aromatic nitrogens is 3. The number of carbonyl (C=O) groups is 4. The van der Waals surface area contributed by atoms with Crippen molar-refractivity contribution in [2.45, 2.75) is 38.9 Å². The van der Waals surface area contributed by atoms with Gasteiger partial charge in [0, 0.05) is 30.3 Å². The van der Waals surface area contributed by atoms with Gasteiger partial charge in [-0.2, -0.15) is 5.10 Å². The minimum absolute atomic E-state index is 0.0431. The van der Waals surface area contributed by atoms with Crippen molar-refractivity contribution in [3.63, 3.8) is 0 Å². The molecule has 0 aliphatic carbocycles. The Morgan fingerprint density at radius 3 is 2.76 bits per heavy atom. The topological polar surface area (TPSA) is 135 Å². The Kier molecular flexibility index (Phi) is 5.23. The van der Waals surface area contributed by atoms with Crippen LogP contribution in [0.4, 0.5) is 0 Å². The number of nitrogens with zero attached hydrogens (tertiary/aromatic N) is 4. The molecule has 2 N–H and O–H groups in total. The van der Waals surface area contributed by atoms with E-state index in [1.165, 1.54) is 16.8 Å². The largest absolute Gasteiger partial charge is 0.426 e. The van der Waals surface area contributed by atoms with E-state index in [2.05, 4.69) is 20.7 Å². The first-order valence-corrected chi connectivity index (χ1v) is 10.9. The van der Waals surface area contributed by atoms with Crippen molar-refractivity contribution in [2.24, 2.45) is 0 Å². The summed E-state index contributed by atoms with van der Waals surface area (Å²) < 4.78 is 6.41. The van der Waals surface area contributed by atoms with E-state index >= 15 is 0 Å². The molecule has 3 amide bonds. The van der Waals surface area contributed by atoms with Crippen molar-refractivity contribution in [1.29, 1.82) is 0 Å². The number of carbonyl (C=O) groups excluding carboxylic acids is 4. The van der Waals surface area contributed by atoms with Crippen molar-refractivity contribution in [2.75, 3.05) is 6.54 Å². The van der Waals surface area contributed by atoms with E-state index in [0.717, 1.165) is 11.1 Å². The second kappa shape index (κ2) is 8.25. The fourth-order valence-electron chi connectivity index (χ4n) is 4.02. The van der Waals surface area contributed by atoms with E-state index in [4.69, 9.17) is 4.74 Å². The summed E-state index contributed by atoms with van der Waals surface area (Å²) in [7, 11) is 0. The highest BCUT2D eigenvalue weighted by Crippen LogP contribution is 2.26. The zero-order valence-electron chi connectivity index (χ0n) is 18.6. The minimum atomic E-state index is -0.610. The first kappa shape index (κ1) is 21.6. The standard InChI is InChI=1S/C23H22N6O5/c1-12(2)28-11-16(23(28)33)27-22(32)17-9-15(26-19-5-6-25-29(17)19)21(31)24-10-13-3-4-18-14(7-13)8-20(30)34-18/h3-7,9,12,16H,8,10-11H2,1-2H3,(H,24,31)(H,27,32)/t16-/m0/s1. The number of nitrogens with one attached hydrogen (secondary N) is 2. The molecule has 34 heavy (non-hydrogen) atoms. The molecule has 1 aromatic carbocycles. The molecule has 0 spiro atoms. The van der Waals surface area contributed by atoms with Crippen molar-refractivity contribution in [3.05, 3.63) is 59.0 Å². The number of likely N-dealkylation sites (tertiary alicyclic amines) is 1. The number of esters is 1. The highest BCUT2D eigenvalue weighted by Gasteiger charge is 2.39. The fraction of sp³-hybridized carbons (Fsp3) is 0.304. The van der Waals surface area contributed by atoms with Crippen LogP contribution >= 0.6 is 0 Å². The van der Waals surface area contributed by atoms with Gasteiger partial charge in [0.05, 0.1) is 19.2 Å². The molecule has 0 saturated carbocycles. The lowest BCUT2D eigenvalue weighted by atomic mass is 10.1. The summed E-state index contributed by atoms with van der Waals surface area (Å²) in [6.07, 6.45) is 1.68. The first-order chi connectivity index (χ1) is 16.3. The van der Waals surface area contributed by atoms with Crippen LogP contribution in [0, 0.1) is 0 Å². The molecule has 174 valence electrons. The third kappa shape index (κ3) is 3.85. The maximum Gasteiger partial charge on any atom is 0.315 e. The van der Waals surface area contributed by atoms with Gasteiger partial charge in [0.1, 0.15) is 23.2 Å². The number of hydrogen-bond donors (Lipinski definition) is 2. The molecule has 0 bridgehead atoms. The van der Waals surface area contributed by atoms with Crippen LogP contribution in [0.25, 0.3) is 5.65 Å². The second-order valence-electron chi connectivity index (χ2n) is 8.51. The third-order valence-electron chi connectivity index (χ3n) is 5.85. The Bertz CT molecular complexity index is 1350. The molecule has 2 aliphatic heterocycles. The zero-order valence-corrected chi connectivity index (χ0v) is 18.6. The summed E-state index contributed by atoms with van der Waals surface area (Å²) in [5, 5.41) is 9.60. The van der Waals surface area contributed by atoms with Gasteiger partial charge in [-0.25, -0.2) is 9.50 Å². The zero-order chi connectivity index (χ0) is 24.0. The van der Waals surface area contributed by atoms with Gasteiger partial charge in [-0.05, 0) is 31.5 Å². The number of benzene rings is 1. The SMILES string of the molecule is CC(C)N1C[C@H](NC(=O)c2cc(C(=O)NCc3ccc4c(c3)CC(=O)O4)nc3ccnn23)C1=O. The monoisotopic (exact) mass is 462 g/mol. The van der Waals surface area contributed by atoms with Gasteiger partial charge in [-0.1, -0.05) is 6.07 Å². The van der Waals surface area contributed by atoms with Crippen LogP contribution in [0.15, 0.2) is 36.5 Å². The lowest BCUT2D eigenvalue weighted by molar-refractivity contribution is -0.145. The summed E-state index contributed by atoms with van der Waals surface area (Å²) in [4.78, 5) is 55.4. The van der Waals surface area contributed by atoms with Gasteiger partial charge < -0.3 is 20.3 Å². The normalized spacial score (nSPS) is 16.9. The predicted octanol–water partition coefficient (Wildman–Crippen LogP) is 0.470. The van der Waals surface area contributed by atoms with Crippen LogP contribution in [0.2, 0.25) is 0 Å². The summed E-state index contributed by atoms with van der Waals surface area (Å²) in [5.41, 5.74) is 2.04. The van der Waals surface area contributed by atoms with Gasteiger partial charge in [-0.3, -0.25) is 19.2 Å². The molecule has 11 heteroatoms. The molecule has 1 atom stereocenters. The second-order valence-corrected chi connectivity index (χ2v) is 8.51. The van der Waals surface area contributed by atoms with Crippen LogP contribution in [0.1, 0.15) is 46.0 Å². The number of fused-ring (bicyclic) bond motifs is 2. The van der Waals surface area contributed by atoms with E-state index in [0.29, 0.717) is 17.9 Å². The first-order valence-electron chi connectivity index (χ1n) is 10.9. The Morgan fingerprint density at radius 1 is 1.18 bits per heavy atom. The maximum absolute atomic E-state index is 12.9. The van der Waals surface area contributed by atoms with Gasteiger partial charge in [0.2, 0.25) is 5.91 Å². The average molecular weight is 462 g/mol. The Labute approximate surface area is 194 Å². The molecule has 11 nitrogen and oxygen atoms in total. The fourth-order valence-corrected chi connectivity index (χ4v) is 4.02. The van der Waals surface area contributed by atoms with E-state index in [-0.39, 0.29) is 42.3 Å². The Balaban J connectivity index is 1.31. The van der Waals surface area contributed by atoms with Crippen LogP contribution in [0.5, 0.6) is 5.75 Å². The highest BCUT2D eigenvalue weighted by molar-refractivity contribution is 6.01. The van der Waals surface area contributed by atoms with Crippen LogP contribution < -0.4 is 15.4 Å². The molecule has 2 aromatic heterocycles. The van der Waals surface area contributed by atoms with Crippen LogP contribution in [0.3, 0.4) is 0 Å². The number of amides is 3. The van der Waals surface area contributed by atoms with Crippen molar-refractivity contribution in [1.82, 2.24) is 30.1 Å². The smallest absolute Gasteiger partial charge is 0.315 e. The Hall–Kier alpha value is -4.28. The quantitative estimate of drug-likeness (QED) is 0.309. The van der Waals surface area contributed by atoms with E-state index in [9.17, 15) is 19.2 Å². The predicted molar refractivity (Wildman–Crippen MR) is 118 cm³/mol. The molecule has 0 radical (unpaired) electrons. The van der Waals surface area contributed by atoms with Gasteiger partial charge >= 0.3 is 5.97 Å². The van der Waals surface area contributed by atoms with Crippen molar-refractivity contribution in [3.8, 4) is 5.75 Å². The molecule has 4 heterocycles. The lowest BCUT2D eigenvalue weighted by Crippen LogP contribution is -2.65. The van der Waals surface area contributed by atoms with Crippen LogP contribution in [-0.4, -0.2) is 61.8 Å². The molecule has 1 saturated heterocycles. The molecular weight excluding hydrogens is 440 g/mol. The Morgan fingerprint density at radius 2 is 2.00 bits per heavy atom. The molecule has 1 fully saturated rings. The summed E-state index contributed by atoms with van der Waals surface area (Å²) in [6, 6.07) is 7.66. The minimum Gasteiger partial charge on any atom is -0.426 e. The summed E-state index contributed by atoms with van der Waals surface area (Å²) in [6.45, 7) is 4.45. The number of rotatable bonds is 6. The van der Waals surface area contributed by atoms with Crippen molar-refractivity contribution >= 4 is 29.3 Å². The maximum atomic E-state index is 12.9. The molecule has 3 aromatic rings. The average Bonchev–Trinajstić information content (AvgIpc) is 3.43. The van der Waals surface area contributed by atoms with E-state index in [1.807, 2.05) is 19.9 Å². The number of hydrogen-bond acceptors (Lipinski definition) is 7. The summed E-state index contributed by atoms with van der Waals surface area (Å²) >= 11 is 0.